The van der Waals surface area contributed by atoms with Crippen LogP contribution < -0.4 is 10.0 Å². The predicted molar refractivity (Wildman–Crippen MR) is 102 cm³/mol. The van der Waals surface area contributed by atoms with Crippen molar-refractivity contribution in [3.63, 3.8) is 0 Å². The number of ether oxygens (including phenoxy) is 1. The number of anilines is 1. The number of amides is 1. The molecule has 0 saturated heterocycles. The molecule has 0 aliphatic rings. The predicted octanol–water partition coefficient (Wildman–Crippen LogP) is 2.47. The van der Waals surface area contributed by atoms with Crippen LogP contribution in [0.15, 0.2) is 66.1 Å². The summed E-state index contributed by atoms with van der Waals surface area (Å²) in [5, 5.41) is 2.33. The summed E-state index contributed by atoms with van der Waals surface area (Å²) in [5.41, 5.74) is 0.0326. The first-order chi connectivity index (χ1) is 13.2. The monoisotopic (exact) mass is 406 g/mol. The van der Waals surface area contributed by atoms with E-state index in [1.165, 1.54) is 55.5 Å². The van der Waals surface area contributed by atoms with Gasteiger partial charge in [-0.3, -0.25) is 4.79 Å². The standard InChI is InChI=1S/C19H19FN2O5S/c1-3-12-21-28(25,26)15-10-8-14(9-11-15)19(24)27-13(2)18(23)22-17-7-5-4-6-16(17)20/h3-11,13,21H,1,12H2,2H3,(H,22,23)/t13-/m1/s1. The molecule has 9 heteroatoms. The zero-order valence-electron chi connectivity index (χ0n) is 15.0. The summed E-state index contributed by atoms with van der Waals surface area (Å²) in [6.07, 6.45) is 0.210. The largest absolute Gasteiger partial charge is 0.449 e. The van der Waals surface area contributed by atoms with Gasteiger partial charge >= 0.3 is 5.97 Å². The van der Waals surface area contributed by atoms with Gasteiger partial charge in [-0.2, -0.15) is 0 Å². The van der Waals surface area contributed by atoms with Gasteiger partial charge in [-0.05, 0) is 43.3 Å². The van der Waals surface area contributed by atoms with Gasteiger partial charge in [0.15, 0.2) is 6.10 Å². The molecule has 2 aromatic rings. The number of hydrogen-bond donors (Lipinski definition) is 2. The van der Waals surface area contributed by atoms with Gasteiger partial charge in [0.1, 0.15) is 5.82 Å². The zero-order valence-corrected chi connectivity index (χ0v) is 15.8. The first kappa shape index (κ1) is 21.3. The van der Waals surface area contributed by atoms with Crippen LogP contribution in [0.1, 0.15) is 17.3 Å². The van der Waals surface area contributed by atoms with Crippen LogP contribution >= 0.6 is 0 Å². The van der Waals surface area contributed by atoms with Crippen molar-refractivity contribution in [2.75, 3.05) is 11.9 Å². The van der Waals surface area contributed by atoms with Crippen molar-refractivity contribution >= 4 is 27.6 Å². The average molecular weight is 406 g/mol. The SMILES string of the molecule is C=CCNS(=O)(=O)c1ccc(C(=O)O[C@H](C)C(=O)Nc2ccccc2F)cc1. The number of esters is 1. The summed E-state index contributed by atoms with van der Waals surface area (Å²) < 4.78 is 44.9. The summed E-state index contributed by atoms with van der Waals surface area (Å²) in [4.78, 5) is 24.2. The molecule has 2 aromatic carbocycles. The van der Waals surface area contributed by atoms with Crippen LogP contribution in [0.4, 0.5) is 10.1 Å². The van der Waals surface area contributed by atoms with Gasteiger partial charge in [-0.1, -0.05) is 18.2 Å². The molecule has 148 valence electrons. The van der Waals surface area contributed by atoms with E-state index in [2.05, 4.69) is 16.6 Å². The van der Waals surface area contributed by atoms with E-state index in [-0.39, 0.29) is 22.7 Å². The second kappa shape index (κ2) is 9.25. The number of benzene rings is 2. The van der Waals surface area contributed by atoms with Crippen molar-refractivity contribution in [1.82, 2.24) is 4.72 Å². The molecule has 0 bridgehead atoms. The normalized spacial score (nSPS) is 12.1. The lowest BCUT2D eigenvalue weighted by atomic mass is 10.2. The fourth-order valence-corrected chi connectivity index (χ4v) is 3.10. The van der Waals surface area contributed by atoms with Crippen LogP contribution in [0.3, 0.4) is 0 Å². The lowest BCUT2D eigenvalue weighted by molar-refractivity contribution is -0.123. The Morgan fingerprint density at radius 3 is 2.43 bits per heavy atom. The van der Waals surface area contributed by atoms with Crippen molar-refractivity contribution < 1.29 is 27.1 Å². The Morgan fingerprint density at radius 2 is 1.82 bits per heavy atom. The molecule has 0 heterocycles. The first-order valence-electron chi connectivity index (χ1n) is 8.21. The number of para-hydroxylation sites is 1. The summed E-state index contributed by atoms with van der Waals surface area (Å²) >= 11 is 0. The summed E-state index contributed by atoms with van der Waals surface area (Å²) in [6.45, 7) is 4.84. The van der Waals surface area contributed by atoms with Crippen LogP contribution in [-0.2, 0) is 19.6 Å². The molecular weight excluding hydrogens is 387 g/mol. The summed E-state index contributed by atoms with van der Waals surface area (Å²) in [6, 6.07) is 10.6. The van der Waals surface area contributed by atoms with Gasteiger partial charge in [0.25, 0.3) is 5.91 Å². The third-order valence-electron chi connectivity index (χ3n) is 3.60. The minimum Gasteiger partial charge on any atom is -0.449 e. The Labute approximate surface area is 162 Å². The maximum Gasteiger partial charge on any atom is 0.338 e. The molecule has 0 aliphatic heterocycles. The third-order valence-corrected chi connectivity index (χ3v) is 5.04. The van der Waals surface area contributed by atoms with Crippen molar-refractivity contribution in [2.45, 2.75) is 17.9 Å². The molecule has 7 nitrogen and oxygen atoms in total. The lowest BCUT2D eigenvalue weighted by Crippen LogP contribution is -2.30. The number of hydrogen-bond acceptors (Lipinski definition) is 5. The third kappa shape index (κ3) is 5.48. The Hall–Kier alpha value is -3.04. The molecule has 0 saturated carbocycles. The molecule has 2 N–H and O–H groups in total. The van der Waals surface area contributed by atoms with Crippen molar-refractivity contribution in [1.29, 1.82) is 0 Å². The minimum absolute atomic E-state index is 0.0306. The van der Waals surface area contributed by atoms with Gasteiger partial charge in [0, 0.05) is 6.54 Å². The van der Waals surface area contributed by atoms with E-state index in [1.807, 2.05) is 0 Å². The number of carbonyl (C=O) groups excluding carboxylic acids is 2. The van der Waals surface area contributed by atoms with Gasteiger partial charge in [0.05, 0.1) is 16.1 Å². The number of halogens is 1. The minimum atomic E-state index is -3.71. The Morgan fingerprint density at radius 1 is 1.18 bits per heavy atom. The van der Waals surface area contributed by atoms with E-state index in [0.717, 1.165) is 0 Å². The highest BCUT2D eigenvalue weighted by atomic mass is 32.2. The number of carbonyl (C=O) groups is 2. The number of rotatable bonds is 8. The number of nitrogens with one attached hydrogen (secondary N) is 2. The second-order valence-corrected chi connectivity index (χ2v) is 7.45. The average Bonchev–Trinajstić information content (AvgIpc) is 2.68. The quantitative estimate of drug-likeness (QED) is 0.518. The molecule has 2 rings (SSSR count). The van der Waals surface area contributed by atoms with E-state index < -0.39 is 33.8 Å². The fraction of sp³-hybridized carbons (Fsp3) is 0.158. The van der Waals surface area contributed by atoms with Gasteiger partial charge in [0.2, 0.25) is 10.0 Å². The molecule has 28 heavy (non-hydrogen) atoms. The molecule has 0 spiro atoms. The lowest BCUT2D eigenvalue weighted by Gasteiger charge is -2.14. The molecule has 0 fully saturated rings. The van der Waals surface area contributed by atoms with E-state index in [1.54, 1.807) is 6.07 Å². The smallest absolute Gasteiger partial charge is 0.338 e. The van der Waals surface area contributed by atoms with E-state index in [4.69, 9.17) is 4.74 Å². The summed E-state index contributed by atoms with van der Waals surface area (Å²) in [7, 11) is -3.71. The highest BCUT2D eigenvalue weighted by Crippen LogP contribution is 2.15. The van der Waals surface area contributed by atoms with Crippen molar-refractivity contribution in [3.05, 3.63) is 72.6 Å². The Balaban J connectivity index is 2.01. The van der Waals surface area contributed by atoms with Crippen LogP contribution in [0.5, 0.6) is 0 Å². The van der Waals surface area contributed by atoms with Crippen LogP contribution in [-0.4, -0.2) is 32.9 Å². The Bertz CT molecular complexity index is 974. The maximum absolute atomic E-state index is 13.6. The van der Waals surface area contributed by atoms with Crippen molar-refractivity contribution in [2.24, 2.45) is 0 Å². The van der Waals surface area contributed by atoms with Crippen molar-refractivity contribution in [3.8, 4) is 0 Å². The number of sulfonamides is 1. The topological polar surface area (TPSA) is 102 Å². The molecule has 0 unspecified atom stereocenters. The van der Waals surface area contributed by atoms with Gasteiger partial charge in [-0.15, -0.1) is 6.58 Å². The van der Waals surface area contributed by atoms with Crippen LogP contribution in [0, 0.1) is 5.82 Å². The first-order valence-corrected chi connectivity index (χ1v) is 9.70. The molecule has 0 aliphatic carbocycles. The molecule has 1 atom stereocenters. The molecular formula is C19H19FN2O5S. The van der Waals surface area contributed by atoms with Gasteiger partial charge in [-0.25, -0.2) is 22.3 Å². The van der Waals surface area contributed by atoms with E-state index >= 15 is 0 Å². The molecule has 0 aromatic heterocycles. The molecule has 0 radical (unpaired) electrons. The van der Waals surface area contributed by atoms with Crippen LogP contribution in [0.25, 0.3) is 0 Å². The van der Waals surface area contributed by atoms with E-state index in [0.29, 0.717) is 0 Å². The van der Waals surface area contributed by atoms with Crippen LogP contribution in [0.2, 0.25) is 0 Å². The summed E-state index contributed by atoms with van der Waals surface area (Å²) in [5.74, 6) is -2.14. The van der Waals surface area contributed by atoms with Gasteiger partial charge < -0.3 is 10.1 Å². The maximum atomic E-state index is 13.6. The van der Waals surface area contributed by atoms with E-state index in [9.17, 15) is 22.4 Å². The highest BCUT2D eigenvalue weighted by molar-refractivity contribution is 7.89. The Kier molecular flexibility index (Phi) is 7.02. The molecule has 1 amide bonds. The highest BCUT2D eigenvalue weighted by Gasteiger charge is 2.21. The zero-order chi connectivity index (χ0) is 20.7. The second-order valence-electron chi connectivity index (χ2n) is 5.68. The fourth-order valence-electron chi connectivity index (χ4n) is 2.10.